The van der Waals surface area contributed by atoms with Gasteiger partial charge in [-0.2, -0.15) is 6.07 Å². The van der Waals surface area contributed by atoms with E-state index in [9.17, 15) is 0 Å². The monoisotopic (exact) mass is 1400 g/mol. The van der Waals surface area contributed by atoms with Crippen LogP contribution >= 0.6 is 0 Å². The maximum Gasteiger partial charge on any atom is 0.200 e. The molecule has 0 N–H and O–H groups in total. The third-order valence-corrected chi connectivity index (χ3v) is 17.5. The largest absolute Gasteiger partial charge is 0.509 e. The number of aromatic nitrogens is 2. The third-order valence-electron chi connectivity index (χ3n) is 17.5. The molecular formula is C80H74F5N4OPt-3. The molecule has 0 spiro atoms. The Kier molecular flexibility index (Phi) is 17.4. The summed E-state index contributed by atoms with van der Waals surface area (Å²) in [5.41, 5.74) is 13.1. The standard InChI is InChI=1S/C80H74F5N4O.Pt/c1-45(2)50-32-51(46(3)4)34-53(33-50)64-39-56(80(12,13)14)40-65(72-73(81)75(83)77(85)76(84)74(72)82)78(64)88-44-87(67-26-20-21-27-68(67)88)57-35-54(71-62(47(5)6)37-52(38-63(71)48(7)8)49-22-16-15-17-23-49)36-59(42-57)90-58-28-29-61-60-24-18-19-25-66(60)89(69(61)43-58)70-41-55(30-31-86-70)79(9,10)11;/h15-41,44-48H,1-14H3;/q-3;. The second kappa shape index (κ2) is 24.7. The summed E-state index contributed by atoms with van der Waals surface area (Å²) in [4.78, 5) is 8.70. The van der Waals surface area contributed by atoms with Crippen LogP contribution in [0.3, 0.4) is 0 Å². The van der Waals surface area contributed by atoms with Crippen LogP contribution in [0.4, 0.5) is 44.7 Å². The summed E-state index contributed by atoms with van der Waals surface area (Å²) in [5.74, 6) is -8.32. The number of pyridine rings is 1. The molecule has 0 saturated heterocycles. The zero-order valence-electron chi connectivity index (χ0n) is 53.9. The minimum absolute atomic E-state index is 0. The van der Waals surface area contributed by atoms with E-state index in [1.807, 2.05) is 104 Å². The molecule has 468 valence electrons. The van der Waals surface area contributed by atoms with E-state index < -0.39 is 40.1 Å². The van der Waals surface area contributed by atoms with Gasteiger partial charge in [0.2, 0.25) is 5.82 Å². The minimum Gasteiger partial charge on any atom is -0.509 e. The van der Waals surface area contributed by atoms with E-state index in [2.05, 4.69) is 184 Å². The molecule has 0 fully saturated rings. The molecule has 3 heterocycles. The van der Waals surface area contributed by atoms with E-state index in [1.54, 1.807) is 6.07 Å². The number of hydrogen-bond acceptors (Lipinski definition) is 4. The zero-order valence-corrected chi connectivity index (χ0v) is 56.2. The first-order chi connectivity index (χ1) is 42.8. The Morgan fingerprint density at radius 3 is 1.64 bits per heavy atom. The van der Waals surface area contributed by atoms with Crippen molar-refractivity contribution in [1.82, 2.24) is 9.55 Å². The number of fused-ring (bicyclic) bond motifs is 4. The number of hydrogen-bond donors (Lipinski definition) is 0. The van der Waals surface area contributed by atoms with Crippen molar-refractivity contribution in [2.24, 2.45) is 0 Å². The van der Waals surface area contributed by atoms with Gasteiger partial charge >= 0.3 is 0 Å². The predicted octanol–water partition coefficient (Wildman–Crippen LogP) is 23.4. The number of ether oxygens (including phenoxy) is 1. The van der Waals surface area contributed by atoms with Crippen LogP contribution in [0.2, 0.25) is 0 Å². The molecule has 0 radical (unpaired) electrons. The van der Waals surface area contributed by atoms with E-state index >= 15 is 22.0 Å². The van der Waals surface area contributed by atoms with Crippen molar-refractivity contribution in [3.05, 3.63) is 245 Å². The van der Waals surface area contributed by atoms with E-state index in [-0.39, 0.29) is 61.4 Å². The predicted molar refractivity (Wildman–Crippen MR) is 360 cm³/mol. The van der Waals surface area contributed by atoms with Crippen LogP contribution in [0, 0.1) is 47.9 Å². The fourth-order valence-corrected chi connectivity index (χ4v) is 12.4. The Bertz CT molecular complexity index is 4530. The molecule has 0 bridgehead atoms. The quantitative estimate of drug-likeness (QED) is 0.0499. The van der Waals surface area contributed by atoms with Crippen molar-refractivity contribution in [2.75, 3.05) is 9.80 Å². The summed E-state index contributed by atoms with van der Waals surface area (Å²) in [5, 5.41) is 2.01. The Labute approximate surface area is 546 Å². The second-order valence-corrected chi connectivity index (χ2v) is 27.2. The molecule has 2 aromatic heterocycles. The average Bonchev–Trinajstić information content (AvgIpc) is 1.71. The number of rotatable bonds is 13. The molecule has 5 nitrogen and oxygen atoms in total. The summed E-state index contributed by atoms with van der Waals surface area (Å²) >= 11 is 0. The first-order valence-electron chi connectivity index (χ1n) is 31.1. The minimum atomic E-state index is -2.23. The average molecular weight is 1400 g/mol. The molecule has 9 aromatic carbocycles. The van der Waals surface area contributed by atoms with Gasteiger partial charge < -0.3 is 19.1 Å². The third kappa shape index (κ3) is 11.9. The van der Waals surface area contributed by atoms with Crippen LogP contribution in [0.5, 0.6) is 11.5 Å². The first kappa shape index (κ1) is 64.2. The van der Waals surface area contributed by atoms with E-state index in [4.69, 9.17) is 9.72 Å². The summed E-state index contributed by atoms with van der Waals surface area (Å²) in [6, 6.07) is 60.3. The van der Waals surface area contributed by atoms with Gasteiger partial charge in [-0.3, -0.25) is 0 Å². The van der Waals surface area contributed by atoms with E-state index in [0.29, 0.717) is 39.7 Å². The molecule has 0 atom stereocenters. The van der Waals surface area contributed by atoms with Crippen LogP contribution in [0.15, 0.2) is 164 Å². The fourth-order valence-electron chi connectivity index (χ4n) is 12.4. The van der Waals surface area contributed by atoms with Gasteiger partial charge in [-0.05, 0) is 138 Å². The molecule has 91 heavy (non-hydrogen) atoms. The van der Waals surface area contributed by atoms with Gasteiger partial charge in [0.15, 0.2) is 23.3 Å². The topological polar surface area (TPSA) is 33.5 Å². The number of anilines is 4. The summed E-state index contributed by atoms with van der Waals surface area (Å²) in [6.45, 7) is 31.5. The van der Waals surface area contributed by atoms with Gasteiger partial charge in [0.25, 0.3) is 0 Å². The molecule has 1 aliphatic heterocycles. The van der Waals surface area contributed by atoms with Crippen LogP contribution < -0.4 is 14.5 Å². The Hall–Kier alpha value is -8.33. The number of benzene rings is 9. The molecule has 0 aliphatic carbocycles. The van der Waals surface area contributed by atoms with Gasteiger partial charge in [0, 0.05) is 72.5 Å². The van der Waals surface area contributed by atoms with Crippen molar-refractivity contribution < 1.29 is 47.8 Å². The molecule has 11 heteroatoms. The van der Waals surface area contributed by atoms with Gasteiger partial charge in [0.1, 0.15) is 5.82 Å². The van der Waals surface area contributed by atoms with Gasteiger partial charge in [-0.1, -0.05) is 193 Å². The van der Waals surface area contributed by atoms with Crippen molar-refractivity contribution in [3.63, 3.8) is 0 Å². The van der Waals surface area contributed by atoms with Crippen LogP contribution in [-0.4, -0.2) is 9.55 Å². The van der Waals surface area contributed by atoms with E-state index in [1.165, 1.54) is 0 Å². The zero-order chi connectivity index (χ0) is 64.0. The summed E-state index contributed by atoms with van der Waals surface area (Å²) in [7, 11) is 0. The van der Waals surface area contributed by atoms with Crippen LogP contribution in [0.1, 0.15) is 154 Å². The summed E-state index contributed by atoms with van der Waals surface area (Å²) in [6.07, 6.45) is 1.85. The first-order valence-corrected chi connectivity index (χ1v) is 31.1. The Balaban J connectivity index is 0.00000850. The van der Waals surface area contributed by atoms with Crippen LogP contribution in [0.25, 0.3) is 72.1 Å². The normalized spacial score (nSPS) is 12.8. The molecule has 0 amide bonds. The molecule has 0 saturated carbocycles. The smallest absolute Gasteiger partial charge is 0.200 e. The van der Waals surface area contributed by atoms with E-state index in [0.717, 1.165) is 83.3 Å². The Morgan fingerprint density at radius 1 is 0.462 bits per heavy atom. The number of nitrogens with zero attached hydrogens (tertiary/aromatic N) is 4. The van der Waals surface area contributed by atoms with Gasteiger partial charge in [-0.15, -0.1) is 53.6 Å². The molecular weight excluding hydrogens is 1320 g/mol. The maximum absolute atomic E-state index is 16.9. The number of halogens is 5. The van der Waals surface area contributed by atoms with Gasteiger partial charge in [-0.25, -0.2) is 26.9 Å². The fraction of sp³-hybridized carbons (Fsp3) is 0.250. The number of para-hydroxylation sites is 3. The molecule has 0 unspecified atom stereocenters. The second-order valence-electron chi connectivity index (χ2n) is 27.2. The van der Waals surface area contributed by atoms with Crippen molar-refractivity contribution in [3.8, 4) is 61.8 Å². The van der Waals surface area contributed by atoms with Crippen molar-refractivity contribution in [1.29, 1.82) is 0 Å². The molecule has 11 aromatic rings. The van der Waals surface area contributed by atoms with Crippen LogP contribution in [-0.2, 0) is 31.9 Å². The molecule has 1 aliphatic rings. The van der Waals surface area contributed by atoms with Gasteiger partial charge in [0.05, 0.1) is 5.56 Å². The SMILES string of the molecule is CC(C)c1cc(-c2cc(C(C)(C)C)cc(-c3c(F)c(F)c(F)c(F)c3F)c2N2[CH-]N(c3[c-]c(Oc4[c-]c5c(cc4)c4ccccc4n5-c4cc(C(C)(C)C)ccn4)cc(-c4c(C(C)C)cc(-c5ccccc5)cc4C(C)C)c3)c3ccccc32)cc(C(C)C)c1.[Pt]. The maximum atomic E-state index is 16.9. The van der Waals surface area contributed by atoms with Crippen molar-refractivity contribution in [2.45, 2.75) is 131 Å². The molecule has 12 rings (SSSR count). The Morgan fingerprint density at radius 2 is 1.03 bits per heavy atom. The van der Waals surface area contributed by atoms with Crippen molar-refractivity contribution >= 4 is 44.6 Å². The summed E-state index contributed by atoms with van der Waals surface area (Å²) < 4.78 is 90.1.